The molecule has 3 rings (SSSR count). The molecular weight excluding hydrogens is 521 g/mol. The van der Waals surface area contributed by atoms with Crippen LogP contribution in [0.3, 0.4) is 0 Å². The number of rotatable bonds is 6. The quantitative estimate of drug-likeness (QED) is 0.518. The normalized spacial score (nSPS) is 12.6. The van der Waals surface area contributed by atoms with E-state index in [-0.39, 0.29) is 58.8 Å². The topological polar surface area (TPSA) is 92.2 Å². The zero-order valence-corrected chi connectivity index (χ0v) is 22.7. The summed E-state index contributed by atoms with van der Waals surface area (Å²) in [6.07, 6.45) is -0.513. The maximum absolute atomic E-state index is 15.0. The third kappa shape index (κ3) is 5.58. The van der Waals surface area contributed by atoms with E-state index in [4.69, 9.17) is 19.6 Å². The maximum Gasteiger partial charge on any atom is 0.414 e. The molecule has 0 aliphatic carbocycles. The molecule has 1 N–H and O–H groups in total. The molecule has 2 aromatic carbocycles. The fraction of sp³-hybridized carbons (Fsp3) is 0.400. The molecular formula is C25H31BrFN3O5. The minimum atomic E-state index is -0.682. The van der Waals surface area contributed by atoms with Crippen LogP contribution >= 0.6 is 17.0 Å². The van der Waals surface area contributed by atoms with Gasteiger partial charge in [-0.1, -0.05) is 20.8 Å². The number of amidine groups is 1. The third-order valence-electron chi connectivity index (χ3n) is 5.61. The number of nitrogens with zero attached hydrogens (tertiary/aromatic N) is 2. The van der Waals surface area contributed by atoms with Gasteiger partial charge in [0, 0.05) is 31.8 Å². The minimum absolute atomic E-state index is 0. The standard InChI is InChI=1S/C25H30FN3O5.BrH/c1-25(2,3)16-10-14(8-9-18(16)34-24(31)28(4)5)17(30)13-29-12-15-11-19(32-6)22(33-7)21(26)20(15)23(29)27;/h8-11,27H,12-13H2,1-7H3;1H. The van der Waals surface area contributed by atoms with Crippen LogP contribution in [0.25, 0.3) is 0 Å². The lowest BCUT2D eigenvalue weighted by Gasteiger charge is -2.24. The molecule has 0 fully saturated rings. The van der Waals surface area contributed by atoms with Crippen molar-refractivity contribution in [2.24, 2.45) is 0 Å². The summed E-state index contributed by atoms with van der Waals surface area (Å²) in [5, 5.41) is 8.45. The van der Waals surface area contributed by atoms with Gasteiger partial charge in [0.2, 0.25) is 0 Å². The van der Waals surface area contributed by atoms with E-state index >= 15 is 0 Å². The van der Waals surface area contributed by atoms with E-state index in [0.29, 0.717) is 22.4 Å². The zero-order chi connectivity index (χ0) is 25.4. The zero-order valence-electron chi connectivity index (χ0n) is 20.9. The van der Waals surface area contributed by atoms with Crippen molar-refractivity contribution in [2.75, 3.05) is 34.9 Å². The van der Waals surface area contributed by atoms with Crippen LogP contribution in [0.2, 0.25) is 0 Å². The Balaban J connectivity index is 0.00000432. The number of halogens is 2. The van der Waals surface area contributed by atoms with Crippen molar-refractivity contribution >= 4 is 34.7 Å². The molecule has 10 heteroatoms. The smallest absolute Gasteiger partial charge is 0.414 e. The van der Waals surface area contributed by atoms with Crippen LogP contribution < -0.4 is 14.2 Å². The molecule has 8 nitrogen and oxygen atoms in total. The van der Waals surface area contributed by atoms with Gasteiger partial charge in [0.1, 0.15) is 11.6 Å². The minimum Gasteiger partial charge on any atom is -0.493 e. The van der Waals surface area contributed by atoms with Gasteiger partial charge < -0.3 is 24.0 Å². The number of fused-ring (bicyclic) bond motifs is 1. The van der Waals surface area contributed by atoms with E-state index in [1.54, 1.807) is 38.4 Å². The van der Waals surface area contributed by atoms with Crippen LogP contribution in [0, 0.1) is 11.2 Å². The van der Waals surface area contributed by atoms with Crippen molar-refractivity contribution in [1.82, 2.24) is 9.80 Å². The van der Waals surface area contributed by atoms with Crippen LogP contribution in [-0.2, 0) is 12.0 Å². The molecule has 0 radical (unpaired) electrons. The third-order valence-corrected chi connectivity index (χ3v) is 5.61. The van der Waals surface area contributed by atoms with Crippen molar-refractivity contribution in [3.8, 4) is 17.2 Å². The van der Waals surface area contributed by atoms with Crippen molar-refractivity contribution in [2.45, 2.75) is 32.7 Å². The van der Waals surface area contributed by atoms with Gasteiger partial charge >= 0.3 is 6.09 Å². The highest BCUT2D eigenvalue weighted by molar-refractivity contribution is 8.93. The first-order valence-corrected chi connectivity index (χ1v) is 10.7. The highest BCUT2D eigenvalue weighted by atomic mass is 79.9. The van der Waals surface area contributed by atoms with Gasteiger partial charge in [-0.25, -0.2) is 9.18 Å². The van der Waals surface area contributed by atoms with Gasteiger partial charge in [0.05, 0.1) is 26.3 Å². The molecule has 2 aromatic rings. The predicted molar refractivity (Wildman–Crippen MR) is 136 cm³/mol. The van der Waals surface area contributed by atoms with E-state index in [1.165, 1.54) is 24.0 Å². The maximum atomic E-state index is 15.0. The summed E-state index contributed by atoms with van der Waals surface area (Å²) in [7, 11) is 5.93. The monoisotopic (exact) mass is 551 g/mol. The van der Waals surface area contributed by atoms with Gasteiger partial charge in [0.15, 0.2) is 23.1 Å². The fourth-order valence-electron chi connectivity index (χ4n) is 3.79. The SMILES string of the molecule is Br.COc1cc2c(c(F)c1OC)C(=N)N(CC(=O)c1ccc(OC(=O)N(C)C)c(C(C)(C)C)c1)C2. The first-order chi connectivity index (χ1) is 15.9. The largest absolute Gasteiger partial charge is 0.493 e. The molecule has 0 unspecified atom stereocenters. The second-order valence-electron chi connectivity index (χ2n) is 9.31. The van der Waals surface area contributed by atoms with Crippen molar-refractivity contribution in [3.63, 3.8) is 0 Å². The Hall–Kier alpha value is -3.14. The van der Waals surface area contributed by atoms with Crippen LogP contribution in [0.4, 0.5) is 9.18 Å². The Morgan fingerprint density at radius 2 is 1.77 bits per heavy atom. The molecule has 0 spiro atoms. The highest BCUT2D eigenvalue weighted by Crippen LogP contribution is 2.38. The first-order valence-electron chi connectivity index (χ1n) is 10.7. The molecule has 1 heterocycles. The number of hydrogen-bond acceptors (Lipinski definition) is 6. The Labute approximate surface area is 215 Å². The van der Waals surface area contributed by atoms with E-state index < -0.39 is 17.3 Å². The molecule has 0 aromatic heterocycles. The molecule has 35 heavy (non-hydrogen) atoms. The van der Waals surface area contributed by atoms with E-state index in [0.717, 1.165) is 0 Å². The lowest BCUT2D eigenvalue weighted by molar-refractivity contribution is 0.0962. The van der Waals surface area contributed by atoms with Gasteiger partial charge in [-0.15, -0.1) is 17.0 Å². The summed E-state index contributed by atoms with van der Waals surface area (Å²) in [6, 6.07) is 6.53. The van der Waals surface area contributed by atoms with E-state index in [9.17, 15) is 14.0 Å². The number of carbonyl (C=O) groups excluding carboxylic acids is 2. The van der Waals surface area contributed by atoms with Gasteiger partial charge in [-0.3, -0.25) is 10.2 Å². The number of ether oxygens (including phenoxy) is 3. The average Bonchev–Trinajstić information content (AvgIpc) is 3.07. The summed E-state index contributed by atoms with van der Waals surface area (Å²) in [5.41, 5.74) is 1.37. The van der Waals surface area contributed by atoms with Crippen LogP contribution in [0.15, 0.2) is 24.3 Å². The summed E-state index contributed by atoms with van der Waals surface area (Å²) >= 11 is 0. The van der Waals surface area contributed by atoms with Crippen LogP contribution in [0.5, 0.6) is 17.2 Å². The van der Waals surface area contributed by atoms with Gasteiger partial charge in [0.25, 0.3) is 0 Å². The first kappa shape index (κ1) is 28.1. The highest BCUT2D eigenvalue weighted by Gasteiger charge is 2.33. The summed E-state index contributed by atoms with van der Waals surface area (Å²) in [5.74, 6) is -0.472. The Kier molecular flexibility index (Phi) is 8.54. The number of amides is 1. The molecule has 1 aliphatic rings. The lowest BCUT2D eigenvalue weighted by Crippen LogP contribution is -2.31. The molecule has 0 atom stereocenters. The summed E-state index contributed by atoms with van der Waals surface area (Å²) in [4.78, 5) is 28.0. The van der Waals surface area contributed by atoms with Crippen molar-refractivity contribution in [3.05, 3.63) is 52.3 Å². The number of carbonyl (C=O) groups is 2. The lowest BCUT2D eigenvalue weighted by atomic mass is 9.85. The number of ketones is 1. The average molecular weight is 552 g/mol. The number of benzene rings is 2. The second-order valence-corrected chi connectivity index (χ2v) is 9.31. The Bertz CT molecular complexity index is 1160. The molecule has 0 saturated heterocycles. The second kappa shape index (κ2) is 10.6. The van der Waals surface area contributed by atoms with E-state index in [1.807, 2.05) is 20.8 Å². The molecule has 0 saturated carbocycles. The number of nitrogens with one attached hydrogen (secondary N) is 1. The summed E-state index contributed by atoms with van der Waals surface area (Å²) < 4.78 is 30.8. The molecule has 190 valence electrons. The van der Waals surface area contributed by atoms with Crippen LogP contribution in [0.1, 0.15) is 47.8 Å². The Morgan fingerprint density at radius 1 is 1.11 bits per heavy atom. The van der Waals surface area contributed by atoms with Gasteiger partial charge in [-0.2, -0.15) is 0 Å². The Morgan fingerprint density at radius 3 is 2.31 bits per heavy atom. The molecule has 1 aliphatic heterocycles. The number of Topliss-reactive ketones (excluding diaryl/α,β-unsaturated/α-hetero) is 1. The number of hydrogen-bond donors (Lipinski definition) is 1. The molecule has 1 amide bonds. The van der Waals surface area contributed by atoms with Gasteiger partial charge in [-0.05, 0) is 35.2 Å². The van der Waals surface area contributed by atoms with Crippen molar-refractivity contribution in [1.29, 1.82) is 5.41 Å². The molecule has 0 bridgehead atoms. The summed E-state index contributed by atoms with van der Waals surface area (Å²) in [6.45, 7) is 5.96. The predicted octanol–water partition coefficient (Wildman–Crippen LogP) is 4.80. The number of methoxy groups -OCH3 is 2. The van der Waals surface area contributed by atoms with E-state index in [2.05, 4.69) is 0 Å². The van der Waals surface area contributed by atoms with Crippen LogP contribution in [-0.4, -0.2) is 62.4 Å². The van der Waals surface area contributed by atoms with Crippen molar-refractivity contribution < 1.29 is 28.2 Å². The fourth-order valence-corrected chi connectivity index (χ4v) is 3.79.